The highest BCUT2D eigenvalue weighted by Gasteiger charge is 2.20. The minimum atomic E-state index is -0.816. The van der Waals surface area contributed by atoms with Crippen molar-refractivity contribution in [2.45, 2.75) is 19.4 Å². The molecule has 1 atom stereocenters. The average Bonchev–Trinajstić information content (AvgIpc) is 3.12. The van der Waals surface area contributed by atoms with Crippen molar-refractivity contribution >= 4 is 33.1 Å². The van der Waals surface area contributed by atoms with E-state index in [-0.39, 0.29) is 42.3 Å². The van der Waals surface area contributed by atoms with Crippen LogP contribution in [0.4, 0.5) is 0 Å². The standard InChI is InChI=1S/C23H23NO6S/c1-13(6-15(10-25)23(24)29)20(27)7-16-12-31-22-9-18(4-5-19(16)22)30-11-14-2-3-17(26)8-21(14)28/h2-5,8-9,12,15,25-26,28H,1,6-7,10-11H2,(H2,24,29). The Morgan fingerprint density at radius 1 is 1.13 bits per heavy atom. The van der Waals surface area contributed by atoms with Crippen LogP contribution in [0.5, 0.6) is 17.2 Å². The van der Waals surface area contributed by atoms with Crippen LogP contribution in [-0.4, -0.2) is 33.6 Å². The summed E-state index contributed by atoms with van der Waals surface area (Å²) in [6, 6.07) is 9.82. The van der Waals surface area contributed by atoms with Crippen LogP contribution in [0, 0.1) is 5.92 Å². The van der Waals surface area contributed by atoms with Gasteiger partial charge in [0.1, 0.15) is 23.9 Å². The van der Waals surface area contributed by atoms with E-state index in [2.05, 4.69) is 6.58 Å². The molecule has 0 saturated carbocycles. The van der Waals surface area contributed by atoms with Crippen molar-refractivity contribution in [1.82, 2.24) is 0 Å². The first-order chi connectivity index (χ1) is 14.8. The number of Topliss-reactive ketones (excluding diaryl/α,β-unsaturated/α-hetero) is 1. The molecule has 0 aliphatic rings. The number of allylic oxidation sites excluding steroid dienone is 1. The lowest BCUT2D eigenvalue weighted by molar-refractivity contribution is -0.123. The normalized spacial score (nSPS) is 11.9. The quantitative estimate of drug-likeness (QED) is 0.358. The molecule has 3 rings (SSSR count). The first-order valence-electron chi connectivity index (χ1n) is 9.53. The largest absolute Gasteiger partial charge is 0.508 e. The van der Waals surface area contributed by atoms with Crippen molar-refractivity contribution in [3.8, 4) is 17.2 Å². The number of aliphatic hydroxyl groups excluding tert-OH is 1. The molecule has 3 aromatic rings. The van der Waals surface area contributed by atoms with Crippen LogP contribution in [0.2, 0.25) is 0 Å². The van der Waals surface area contributed by atoms with Gasteiger partial charge in [-0.1, -0.05) is 6.58 Å². The van der Waals surface area contributed by atoms with Crippen LogP contribution in [-0.2, 0) is 22.6 Å². The number of hydrogen-bond donors (Lipinski definition) is 4. The second-order valence-electron chi connectivity index (χ2n) is 7.21. The highest BCUT2D eigenvalue weighted by Crippen LogP contribution is 2.31. The summed E-state index contributed by atoms with van der Waals surface area (Å²) < 4.78 is 6.68. The predicted molar refractivity (Wildman–Crippen MR) is 118 cm³/mol. The Hall–Kier alpha value is -3.36. The van der Waals surface area contributed by atoms with E-state index in [1.165, 1.54) is 23.5 Å². The fourth-order valence-corrected chi connectivity index (χ4v) is 4.08. The first-order valence-corrected chi connectivity index (χ1v) is 10.4. The highest BCUT2D eigenvalue weighted by atomic mass is 32.1. The minimum Gasteiger partial charge on any atom is -0.508 e. The fourth-order valence-electron chi connectivity index (χ4n) is 3.09. The minimum absolute atomic E-state index is 0.0208. The highest BCUT2D eigenvalue weighted by molar-refractivity contribution is 7.17. The molecule has 1 unspecified atom stereocenters. The Balaban J connectivity index is 1.67. The van der Waals surface area contributed by atoms with Gasteiger partial charge in [0.2, 0.25) is 5.91 Å². The molecule has 1 amide bonds. The summed E-state index contributed by atoms with van der Waals surface area (Å²) in [6.07, 6.45) is 0.173. The third kappa shape index (κ3) is 5.42. The van der Waals surface area contributed by atoms with Crippen molar-refractivity contribution in [2.75, 3.05) is 6.61 Å². The van der Waals surface area contributed by atoms with Crippen LogP contribution in [0.1, 0.15) is 17.5 Å². The Kier molecular flexibility index (Phi) is 6.94. The van der Waals surface area contributed by atoms with Crippen LogP contribution >= 0.6 is 11.3 Å². The molecular weight excluding hydrogens is 418 g/mol. The number of primary amides is 1. The first kappa shape index (κ1) is 22.3. The lowest BCUT2D eigenvalue weighted by Gasteiger charge is -2.11. The molecule has 0 fully saturated rings. The van der Waals surface area contributed by atoms with Gasteiger partial charge in [-0.05, 0) is 58.7 Å². The van der Waals surface area contributed by atoms with Gasteiger partial charge in [-0.15, -0.1) is 11.3 Å². The van der Waals surface area contributed by atoms with Gasteiger partial charge in [-0.2, -0.15) is 0 Å². The number of nitrogens with two attached hydrogens (primary N) is 1. The molecule has 0 bridgehead atoms. The lowest BCUT2D eigenvalue weighted by Crippen LogP contribution is -2.27. The molecule has 0 aliphatic carbocycles. The van der Waals surface area contributed by atoms with Gasteiger partial charge in [0, 0.05) is 22.8 Å². The monoisotopic (exact) mass is 441 g/mol. The third-order valence-electron chi connectivity index (χ3n) is 4.95. The molecular formula is C23H23NO6S. The second-order valence-corrected chi connectivity index (χ2v) is 8.12. The molecule has 162 valence electrons. The van der Waals surface area contributed by atoms with E-state index in [1.54, 1.807) is 12.1 Å². The summed E-state index contributed by atoms with van der Waals surface area (Å²) in [5, 5.41) is 31.2. The van der Waals surface area contributed by atoms with E-state index in [9.17, 15) is 24.9 Å². The van der Waals surface area contributed by atoms with E-state index in [4.69, 9.17) is 10.5 Å². The lowest BCUT2D eigenvalue weighted by atomic mass is 9.95. The second kappa shape index (κ2) is 9.63. The Bertz CT molecular complexity index is 1140. The van der Waals surface area contributed by atoms with Crippen LogP contribution < -0.4 is 10.5 Å². The van der Waals surface area contributed by atoms with Crippen molar-refractivity contribution in [2.24, 2.45) is 11.7 Å². The van der Waals surface area contributed by atoms with Gasteiger partial charge in [-0.25, -0.2) is 0 Å². The number of amides is 1. The Morgan fingerprint density at radius 2 is 1.90 bits per heavy atom. The average molecular weight is 442 g/mol. The number of aromatic hydroxyl groups is 2. The number of carbonyl (C=O) groups excluding carboxylic acids is 2. The van der Waals surface area contributed by atoms with Gasteiger partial charge in [-0.3, -0.25) is 9.59 Å². The summed E-state index contributed by atoms with van der Waals surface area (Å²) in [7, 11) is 0. The van der Waals surface area contributed by atoms with E-state index >= 15 is 0 Å². The number of fused-ring (bicyclic) bond motifs is 1. The molecule has 1 heterocycles. The number of phenolic OH excluding ortho intramolecular Hbond substituents is 2. The van der Waals surface area contributed by atoms with Crippen molar-refractivity contribution in [3.63, 3.8) is 0 Å². The molecule has 31 heavy (non-hydrogen) atoms. The summed E-state index contributed by atoms with van der Waals surface area (Å²) in [4.78, 5) is 23.8. The summed E-state index contributed by atoms with van der Waals surface area (Å²) in [5.41, 5.74) is 6.85. The molecule has 8 heteroatoms. The summed E-state index contributed by atoms with van der Waals surface area (Å²) in [6.45, 7) is 3.46. The molecule has 0 aliphatic heterocycles. The van der Waals surface area contributed by atoms with Crippen LogP contribution in [0.15, 0.2) is 53.9 Å². The van der Waals surface area contributed by atoms with Crippen LogP contribution in [0.3, 0.4) is 0 Å². The number of benzene rings is 2. The van der Waals surface area contributed by atoms with Gasteiger partial charge < -0.3 is 25.8 Å². The summed E-state index contributed by atoms with van der Waals surface area (Å²) >= 11 is 1.47. The van der Waals surface area contributed by atoms with E-state index in [0.717, 1.165) is 15.6 Å². The Labute approximate surface area is 183 Å². The van der Waals surface area contributed by atoms with E-state index in [1.807, 2.05) is 17.5 Å². The molecule has 7 nitrogen and oxygen atoms in total. The number of rotatable bonds is 10. The SMILES string of the molecule is C=C(CC(CO)C(N)=O)C(=O)Cc1csc2cc(OCc3ccc(O)cc3O)ccc12. The maximum Gasteiger partial charge on any atom is 0.223 e. The molecule has 0 saturated heterocycles. The fraction of sp³-hybridized carbons (Fsp3) is 0.217. The number of phenols is 2. The number of thiophene rings is 1. The van der Waals surface area contributed by atoms with Crippen molar-refractivity contribution in [1.29, 1.82) is 0 Å². The van der Waals surface area contributed by atoms with Gasteiger partial charge in [0.25, 0.3) is 0 Å². The molecule has 2 aromatic carbocycles. The van der Waals surface area contributed by atoms with Gasteiger partial charge >= 0.3 is 0 Å². The number of carbonyl (C=O) groups is 2. The predicted octanol–water partition coefficient (Wildman–Crippen LogP) is 3.04. The molecule has 0 spiro atoms. The van der Waals surface area contributed by atoms with E-state index < -0.39 is 18.4 Å². The number of aliphatic hydroxyl groups is 1. The van der Waals surface area contributed by atoms with Gasteiger partial charge in [0.15, 0.2) is 5.78 Å². The third-order valence-corrected chi connectivity index (χ3v) is 5.95. The zero-order chi connectivity index (χ0) is 22.5. The van der Waals surface area contributed by atoms with Crippen molar-refractivity contribution < 1.29 is 29.6 Å². The topological polar surface area (TPSA) is 130 Å². The van der Waals surface area contributed by atoms with Crippen LogP contribution in [0.25, 0.3) is 10.1 Å². The summed E-state index contributed by atoms with van der Waals surface area (Å²) in [5.74, 6) is -1.14. The van der Waals surface area contributed by atoms with E-state index in [0.29, 0.717) is 11.3 Å². The maximum absolute atomic E-state index is 12.5. The molecule has 1 aromatic heterocycles. The number of hydrogen-bond acceptors (Lipinski definition) is 7. The zero-order valence-corrected chi connectivity index (χ0v) is 17.5. The number of ether oxygens (including phenoxy) is 1. The molecule has 0 radical (unpaired) electrons. The molecule has 5 N–H and O–H groups in total. The zero-order valence-electron chi connectivity index (χ0n) is 16.7. The smallest absolute Gasteiger partial charge is 0.223 e. The maximum atomic E-state index is 12.5. The van der Waals surface area contributed by atoms with Crippen molar-refractivity contribution in [3.05, 3.63) is 65.1 Å². The Morgan fingerprint density at radius 3 is 2.58 bits per heavy atom. The van der Waals surface area contributed by atoms with Gasteiger partial charge in [0.05, 0.1) is 12.5 Å². The number of ketones is 1.